The molecule has 8 heterocycles. The number of carbonyl (C=O) groups excluding carboxylic acids is 1. The number of rotatable bonds is 17. The topological polar surface area (TPSA) is 285 Å². The number of aryl methyl sites for hydroxylation is 6. The van der Waals surface area contributed by atoms with Gasteiger partial charge in [0.05, 0.1) is 21.3 Å². The first kappa shape index (κ1) is 71.9. The Balaban J connectivity index is 0.000000137. The lowest BCUT2D eigenvalue weighted by molar-refractivity contribution is 0.1000. The van der Waals surface area contributed by atoms with Gasteiger partial charge in [0.1, 0.15) is 74.2 Å². The zero-order chi connectivity index (χ0) is 71.9. The number of aromatic hydroxyl groups is 2. The Labute approximate surface area is 583 Å². The van der Waals surface area contributed by atoms with Crippen LogP contribution in [0.2, 0.25) is 0 Å². The standard InChI is InChI=1S/C25H28N4O3.2C12H13NO2.2C11H11NO2.C8H7NO2/c1-16-27-24-20(22(31-2)5-6-23(24)32-16)10-13-28-11-8-19(9-12-28)29-14-7-17-3-4-18(25(26)30)15-21(17)29;2*1-4-5-9-10(14-3)6-7-11-12(9)13-8(2)15-11;1-3-6-13-9-4-5-11-10(7-9)12-8(2)14-11;1-3-4-8-9(13)5-6-10-11(8)12-7(2)14-10;1-5-9-7-4-6(10)2-3-8(7)11-5/h3-7,14-15,19H,8-13H2,1-2H3,(H2,26,30);2*4,6-7H,1,5H2,2-3H3;3-5,7H,1,6H2,2H3;3,5-6,13H,1,4H2,2H3;2-4,10H,1H3. The SMILES string of the molecule is C=CCOc1ccc2oc(C)nc2c1.C=CCc1c(O)ccc2oc(C)nc12.C=CCc1c(OC)ccc2oc(C)nc12.C=CCc1c(OC)ccc2oc(C)nc12.COc1ccc2oc(C)nc2c1CCN1CCC(n2ccc3ccc(C(N)=O)cc32)CC1.Cc1nc2cc(O)ccc2o1. The van der Waals surface area contributed by atoms with Crippen LogP contribution in [-0.4, -0.2) is 103 Å². The summed E-state index contributed by atoms with van der Waals surface area (Å²) in [4.78, 5) is 39.8. The Kier molecular flexibility index (Phi) is 23.5. The number of carbonyl (C=O) groups is 1. The van der Waals surface area contributed by atoms with Crippen molar-refractivity contribution in [1.29, 1.82) is 0 Å². The molecule has 1 amide bonds. The van der Waals surface area contributed by atoms with Crippen LogP contribution < -0.4 is 24.7 Å². The third kappa shape index (κ3) is 17.3. The summed E-state index contributed by atoms with van der Waals surface area (Å²) in [5.41, 5.74) is 20.6. The van der Waals surface area contributed by atoms with Gasteiger partial charge in [0.25, 0.3) is 0 Å². The highest BCUT2D eigenvalue weighted by molar-refractivity contribution is 5.97. The van der Waals surface area contributed by atoms with Crippen molar-refractivity contribution < 1.29 is 60.5 Å². The second-order valence-electron chi connectivity index (χ2n) is 23.6. The van der Waals surface area contributed by atoms with E-state index in [-0.39, 0.29) is 17.4 Å². The number of hydrogen-bond donors (Lipinski definition) is 3. The third-order valence-electron chi connectivity index (χ3n) is 16.6. The van der Waals surface area contributed by atoms with E-state index >= 15 is 0 Å². The van der Waals surface area contributed by atoms with E-state index in [0.717, 1.165) is 158 Å². The monoisotopic (exact) mass is 1370 g/mol. The van der Waals surface area contributed by atoms with Gasteiger partial charge in [-0.15, -0.1) is 19.7 Å². The van der Waals surface area contributed by atoms with Crippen LogP contribution >= 0.6 is 0 Å². The van der Waals surface area contributed by atoms with Gasteiger partial charge in [-0.1, -0.05) is 36.9 Å². The maximum Gasteiger partial charge on any atom is 0.248 e. The van der Waals surface area contributed by atoms with E-state index in [1.807, 2.05) is 107 Å². The summed E-state index contributed by atoms with van der Waals surface area (Å²) in [7, 11) is 5.01. The minimum Gasteiger partial charge on any atom is -0.508 e. The molecule has 1 saturated heterocycles. The number of oxazole rings is 6. The largest absolute Gasteiger partial charge is 0.508 e. The van der Waals surface area contributed by atoms with Gasteiger partial charge < -0.3 is 70.9 Å². The van der Waals surface area contributed by atoms with Gasteiger partial charge in [-0.2, -0.15) is 0 Å². The molecule has 0 bridgehead atoms. The number of benzene rings is 7. The fourth-order valence-electron chi connectivity index (χ4n) is 12.0. The molecule has 0 radical (unpaired) electrons. The molecule has 22 heteroatoms. The van der Waals surface area contributed by atoms with Crippen molar-refractivity contribution in [3.8, 4) is 34.5 Å². The van der Waals surface area contributed by atoms with E-state index in [9.17, 15) is 9.90 Å². The van der Waals surface area contributed by atoms with Crippen molar-refractivity contribution in [3.05, 3.63) is 229 Å². The summed E-state index contributed by atoms with van der Waals surface area (Å²) in [6, 6.07) is 33.4. The number of primary amides is 1. The fourth-order valence-corrected chi connectivity index (χ4v) is 12.0. The minimum atomic E-state index is -0.387. The third-order valence-corrected chi connectivity index (χ3v) is 16.6. The molecule has 0 saturated carbocycles. The molecule has 0 unspecified atom stereocenters. The number of amides is 1. The molecule has 4 N–H and O–H groups in total. The molecule has 1 aliphatic rings. The van der Waals surface area contributed by atoms with Gasteiger partial charge in [-0.25, -0.2) is 29.9 Å². The van der Waals surface area contributed by atoms with E-state index in [1.165, 1.54) is 0 Å². The number of allylic oxidation sites excluding steroid dienone is 3. The molecule has 7 aromatic carbocycles. The summed E-state index contributed by atoms with van der Waals surface area (Å²) in [6.45, 7) is 29.1. The number of hydrogen-bond acceptors (Lipinski definition) is 20. The molecular formula is C79H83N9O13. The molecule has 101 heavy (non-hydrogen) atoms. The second-order valence-corrected chi connectivity index (χ2v) is 23.6. The maximum atomic E-state index is 11.6. The summed E-state index contributed by atoms with van der Waals surface area (Å²) in [5.74, 6) is 7.28. The lowest BCUT2D eigenvalue weighted by Gasteiger charge is -2.33. The molecule has 14 aromatic rings. The Bertz CT molecular complexity index is 5130. The van der Waals surface area contributed by atoms with Crippen LogP contribution in [0.1, 0.15) is 86.8 Å². The lowest BCUT2D eigenvalue weighted by atomic mass is 10.0. The van der Waals surface area contributed by atoms with Crippen LogP contribution in [0.5, 0.6) is 34.5 Å². The zero-order valence-corrected chi connectivity index (χ0v) is 58.3. The first-order valence-corrected chi connectivity index (χ1v) is 32.8. The molecule has 22 nitrogen and oxygen atoms in total. The average Bonchev–Trinajstić information content (AvgIpc) is 1.70. The van der Waals surface area contributed by atoms with Crippen molar-refractivity contribution in [3.63, 3.8) is 0 Å². The van der Waals surface area contributed by atoms with E-state index in [0.29, 0.717) is 76.7 Å². The van der Waals surface area contributed by atoms with Crippen molar-refractivity contribution in [2.45, 2.75) is 86.1 Å². The molecule has 0 aliphatic carbocycles. The number of ether oxygens (including phenoxy) is 4. The highest BCUT2D eigenvalue weighted by atomic mass is 16.5. The number of aromatic nitrogens is 7. The Morgan fingerprint density at radius 3 is 1.45 bits per heavy atom. The first-order chi connectivity index (χ1) is 48.8. The van der Waals surface area contributed by atoms with Crippen molar-refractivity contribution in [2.75, 3.05) is 47.6 Å². The molecule has 0 spiro atoms. The quantitative estimate of drug-likeness (QED) is 0.0714. The number of nitrogens with two attached hydrogens (primary N) is 1. The number of methoxy groups -OCH3 is 3. The predicted molar refractivity (Wildman–Crippen MR) is 392 cm³/mol. The van der Waals surface area contributed by atoms with E-state index < -0.39 is 0 Å². The Morgan fingerprint density at radius 1 is 0.515 bits per heavy atom. The molecule has 522 valence electrons. The minimum absolute atomic E-state index is 0.214. The molecular weight excluding hydrogens is 1280 g/mol. The molecule has 15 rings (SSSR count). The zero-order valence-electron chi connectivity index (χ0n) is 58.3. The van der Waals surface area contributed by atoms with Crippen LogP contribution in [0.3, 0.4) is 0 Å². The number of piperidine rings is 1. The van der Waals surface area contributed by atoms with Crippen LogP contribution in [0.15, 0.2) is 193 Å². The van der Waals surface area contributed by atoms with Crippen LogP contribution in [-0.2, 0) is 25.7 Å². The molecule has 7 aromatic heterocycles. The van der Waals surface area contributed by atoms with E-state index in [2.05, 4.69) is 77.9 Å². The summed E-state index contributed by atoms with van der Waals surface area (Å²) in [6.07, 6.45) is 14.3. The summed E-state index contributed by atoms with van der Waals surface area (Å²) in [5, 5.41) is 19.8. The average molecular weight is 1370 g/mol. The van der Waals surface area contributed by atoms with Gasteiger partial charge in [0.15, 0.2) is 68.8 Å². The van der Waals surface area contributed by atoms with Crippen molar-refractivity contribution in [2.24, 2.45) is 5.73 Å². The van der Waals surface area contributed by atoms with E-state index in [4.69, 9.17) is 56.3 Å². The highest BCUT2D eigenvalue weighted by Gasteiger charge is 2.24. The maximum absolute atomic E-state index is 11.6. The first-order valence-electron chi connectivity index (χ1n) is 32.8. The summed E-state index contributed by atoms with van der Waals surface area (Å²) >= 11 is 0. The fraction of sp³-hybridized carbons (Fsp3) is 0.253. The van der Waals surface area contributed by atoms with Crippen LogP contribution in [0.4, 0.5) is 0 Å². The molecule has 0 atom stereocenters. The van der Waals surface area contributed by atoms with Crippen molar-refractivity contribution >= 4 is 83.4 Å². The Morgan fingerprint density at radius 2 is 0.950 bits per heavy atom. The van der Waals surface area contributed by atoms with Gasteiger partial charge in [0, 0.05) is 119 Å². The summed E-state index contributed by atoms with van der Waals surface area (Å²) < 4.78 is 56.4. The normalized spacial score (nSPS) is 12.1. The molecule has 1 aliphatic heterocycles. The smallest absolute Gasteiger partial charge is 0.248 e. The number of nitrogens with zero attached hydrogens (tertiary/aromatic N) is 8. The molecule has 1 fully saturated rings. The van der Waals surface area contributed by atoms with E-state index in [1.54, 1.807) is 83.7 Å². The van der Waals surface area contributed by atoms with Crippen molar-refractivity contribution in [1.82, 2.24) is 39.4 Å². The van der Waals surface area contributed by atoms with Gasteiger partial charge >= 0.3 is 0 Å². The lowest BCUT2D eigenvalue weighted by Crippen LogP contribution is -2.35. The van der Waals surface area contributed by atoms with Gasteiger partial charge in [0.2, 0.25) is 5.91 Å². The van der Waals surface area contributed by atoms with Gasteiger partial charge in [-0.05, 0) is 135 Å². The van der Waals surface area contributed by atoms with Gasteiger partial charge in [-0.3, -0.25) is 4.79 Å². The number of phenols is 2. The Hall–Kier alpha value is -11.9. The predicted octanol–water partition coefficient (Wildman–Crippen LogP) is 16.9. The number of phenolic OH excluding ortho intramolecular Hbond substituents is 2. The van der Waals surface area contributed by atoms with Crippen LogP contribution in [0, 0.1) is 41.5 Å². The van der Waals surface area contributed by atoms with Crippen LogP contribution in [0.25, 0.3) is 77.5 Å². The number of likely N-dealkylation sites (tertiary alicyclic amines) is 1. The highest BCUT2D eigenvalue weighted by Crippen LogP contribution is 2.35. The number of fused-ring (bicyclic) bond motifs is 7. The second kappa shape index (κ2) is 33.1.